The summed E-state index contributed by atoms with van der Waals surface area (Å²) >= 11 is 1.61. The Morgan fingerprint density at radius 3 is 2.24 bits per heavy atom. The number of thioether (sulfide) groups is 1. The van der Waals surface area contributed by atoms with Crippen molar-refractivity contribution in [3.63, 3.8) is 0 Å². The zero-order chi connectivity index (χ0) is 23.0. The number of rotatable bonds is 10. The standard InChI is InChI=1S/C26H27N3O3S/c1-4-31-23-10-8-21(9-11-23)29-25(20-7-5-6-19(2)18-20)27-28-26(29)33-17-16-32-24-14-12-22(30-3)13-15-24/h5-15,18H,4,16-17H2,1-3H3. The van der Waals surface area contributed by atoms with Crippen LogP contribution in [0.2, 0.25) is 0 Å². The molecule has 0 radical (unpaired) electrons. The highest BCUT2D eigenvalue weighted by molar-refractivity contribution is 7.99. The van der Waals surface area contributed by atoms with Crippen molar-refractivity contribution in [1.82, 2.24) is 14.8 Å². The molecule has 0 aliphatic heterocycles. The Hall–Kier alpha value is -3.45. The minimum atomic E-state index is 0.549. The lowest BCUT2D eigenvalue weighted by atomic mass is 10.1. The van der Waals surface area contributed by atoms with Gasteiger partial charge in [0.25, 0.3) is 0 Å². The van der Waals surface area contributed by atoms with Gasteiger partial charge >= 0.3 is 0 Å². The van der Waals surface area contributed by atoms with Gasteiger partial charge in [-0.05, 0) is 68.4 Å². The molecule has 0 spiro atoms. The van der Waals surface area contributed by atoms with Crippen molar-refractivity contribution >= 4 is 11.8 Å². The topological polar surface area (TPSA) is 58.4 Å². The Bertz CT molecular complexity index is 1170. The van der Waals surface area contributed by atoms with Crippen LogP contribution in [0.25, 0.3) is 17.1 Å². The predicted octanol–water partition coefficient (Wildman–Crippen LogP) is 5.82. The van der Waals surface area contributed by atoms with Crippen LogP contribution in [-0.4, -0.2) is 40.8 Å². The van der Waals surface area contributed by atoms with Crippen molar-refractivity contribution in [2.75, 3.05) is 26.1 Å². The summed E-state index contributed by atoms with van der Waals surface area (Å²) in [6.45, 7) is 5.24. The highest BCUT2D eigenvalue weighted by Gasteiger charge is 2.16. The Morgan fingerprint density at radius 2 is 1.55 bits per heavy atom. The number of ether oxygens (including phenoxy) is 3. The molecule has 0 aliphatic rings. The first kappa shape index (κ1) is 22.7. The summed E-state index contributed by atoms with van der Waals surface area (Å²) < 4.78 is 18.8. The summed E-state index contributed by atoms with van der Waals surface area (Å²) in [5, 5.41) is 9.84. The zero-order valence-corrected chi connectivity index (χ0v) is 19.8. The van der Waals surface area contributed by atoms with E-state index in [9.17, 15) is 0 Å². The van der Waals surface area contributed by atoms with E-state index >= 15 is 0 Å². The van der Waals surface area contributed by atoms with E-state index in [1.807, 2.05) is 61.5 Å². The fourth-order valence-electron chi connectivity index (χ4n) is 3.39. The van der Waals surface area contributed by atoms with Crippen LogP contribution in [0.1, 0.15) is 12.5 Å². The highest BCUT2D eigenvalue weighted by Crippen LogP contribution is 2.29. The van der Waals surface area contributed by atoms with E-state index in [-0.39, 0.29) is 0 Å². The smallest absolute Gasteiger partial charge is 0.196 e. The summed E-state index contributed by atoms with van der Waals surface area (Å²) in [7, 11) is 1.65. The van der Waals surface area contributed by atoms with Crippen molar-refractivity contribution in [2.45, 2.75) is 19.0 Å². The second kappa shape index (κ2) is 10.9. The van der Waals surface area contributed by atoms with Crippen LogP contribution in [0.15, 0.2) is 78.0 Å². The van der Waals surface area contributed by atoms with Crippen LogP contribution in [0, 0.1) is 6.92 Å². The summed E-state index contributed by atoms with van der Waals surface area (Å²) in [6.07, 6.45) is 0. The fraction of sp³-hybridized carbons (Fsp3) is 0.231. The Kier molecular flexibility index (Phi) is 7.52. The molecule has 4 aromatic rings. The van der Waals surface area contributed by atoms with E-state index in [1.165, 1.54) is 5.56 Å². The van der Waals surface area contributed by atoms with Crippen molar-refractivity contribution in [1.29, 1.82) is 0 Å². The minimum absolute atomic E-state index is 0.549. The number of nitrogens with zero attached hydrogens (tertiary/aromatic N) is 3. The second-order valence-electron chi connectivity index (χ2n) is 7.31. The molecule has 170 valence electrons. The molecule has 0 fully saturated rings. The molecule has 0 N–H and O–H groups in total. The molecule has 0 bridgehead atoms. The Morgan fingerprint density at radius 1 is 0.848 bits per heavy atom. The first-order valence-electron chi connectivity index (χ1n) is 10.8. The van der Waals surface area contributed by atoms with Gasteiger partial charge in [-0.15, -0.1) is 10.2 Å². The summed E-state index contributed by atoms with van der Waals surface area (Å²) in [5.41, 5.74) is 3.19. The van der Waals surface area contributed by atoms with Gasteiger partial charge < -0.3 is 14.2 Å². The lowest BCUT2D eigenvalue weighted by Crippen LogP contribution is -2.04. The molecule has 3 aromatic carbocycles. The number of hydrogen-bond donors (Lipinski definition) is 0. The van der Waals surface area contributed by atoms with Gasteiger partial charge in [-0.1, -0.05) is 35.5 Å². The van der Waals surface area contributed by atoms with Gasteiger partial charge in [0.05, 0.1) is 20.3 Å². The maximum atomic E-state index is 5.87. The minimum Gasteiger partial charge on any atom is -0.497 e. The molecule has 4 rings (SSSR count). The largest absolute Gasteiger partial charge is 0.497 e. The van der Waals surface area contributed by atoms with Crippen LogP contribution in [0.5, 0.6) is 17.2 Å². The molecule has 33 heavy (non-hydrogen) atoms. The van der Waals surface area contributed by atoms with Crippen molar-refractivity contribution in [3.05, 3.63) is 78.4 Å². The number of methoxy groups -OCH3 is 1. The molecular weight excluding hydrogens is 434 g/mol. The lowest BCUT2D eigenvalue weighted by molar-refractivity contribution is 0.340. The monoisotopic (exact) mass is 461 g/mol. The quantitative estimate of drug-likeness (QED) is 0.219. The number of hydrogen-bond acceptors (Lipinski definition) is 6. The Balaban J connectivity index is 1.54. The number of aromatic nitrogens is 3. The van der Waals surface area contributed by atoms with Gasteiger partial charge in [-0.3, -0.25) is 4.57 Å². The van der Waals surface area contributed by atoms with Gasteiger partial charge in [0.2, 0.25) is 0 Å². The van der Waals surface area contributed by atoms with Gasteiger partial charge in [0.1, 0.15) is 17.2 Å². The van der Waals surface area contributed by atoms with Gasteiger partial charge in [-0.2, -0.15) is 0 Å². The molecular formula is C26H27N3O3S. The lowest BCUT2D eigenvalue weighted by Gasteiger charge is -2.12. The van der Waals surface area contributed by atoms with E-state index in [4.69, 9.17) is 14.2 Å². The van der Waals surface area contributed by atoms with Crippen molar-refractivity contribution < 1.29 is 14.2 Å². The molecule has 0 saturated carbocycles. The maximum Gasteiger partial charge on any atom is 0.196 e. The van der Waals surface area contributed by atoms with Crippen LogP contribution in [0.3, 0.4) is 0 Å². The van der Waals surface area contributed by atoms with E-state index in [2.05, 4.69) is 39.9 Å². The third-order valence-corrected chi connectivity index (χ3v) is 5.85. The normalized spacial score (nSPS) is 10.8. The number of aryl methyl sites for hydroxylation is 1. The summed E-state index contributed by atoms with van der Waals surface area (Å²) in [4.78, 5) is 0. The van der Waals surface area contributed by atoms with E-state index in [0.717, 1.165) is 45.2 Å². The highest BCUT2D eigenvalue weighted by atomic mass is 32.2. The fourth-order valence-corrected chi connectivity index (χ4v) is 4.16. The van der Waals surface area contributed by atoms with Crippen LogP contribution >= 0.6 is 11.8 Å². The summed E-state index contributed by atoms with van der Waals surface area (Å²) in [5.74, 6) is 4.00. The second-order valence-corrected chi connectivity index (χ2v) is 8.37. The molecule has 1 heterocycles. The van der Waals surface area contributed by atoms with E-state index < -0.39 is 0 Å². The van der Waals surface area contributed by atoms with Crippen LogP contribution < -0.4 is 14.2 Å². The average molecular weight is 462 g/mol. The molecule has 1 aromatic heterocycles. The SMILES string of the molecule is CCOc1ccc(-n2c(SCCOc3ccc(OC)cc3)nnc2-c2cccc(C)c2)cc1. The summed E-state index contributed by atoms with van der Waals surface area (Å²) in [6, 6.07) is 23.9. The third-order valence-electron chi connectivity index (χ3n) is 4.96. The molecule has 7 heteroatoms. The molecule has 0 amide bonds. The first-order chi connectivity index (χ1) is 16.2. The molecule has 0 unspecified atom stereocenters. The van der Waals surface area contributed by atoms with Gasteiger partial charge in [0, 0.05) is 17.0 Å². The van der Waals surface area contributed by atoms with Crippen LogP contribution in [0.4, 0.5) is 0 Å². The van der Waals surface area contributed by atoms with Crippen molar-refractivity contribution in [3.8, 4) is 34.3 Å². The van der Waals surface area contributed by atoms with E-state index in [1.54, 1.807) is 18.9 Å². The van der Waals surface area contributed by atoms with Gasteiger partial charge in [-0.25, -0.2) is 0 Å². The molecule has 0 saturated heterocycles. The maximum absolute atomic E-state index is 5.87. The average Bonchev–Trinajstić information content (AvgIpc) is 3.27. The molecule has 0 aliphatic carbocycles. The predicted molar refractivity (Wildman–Crippen MR) is 132 cm³/mol. The van der Waals surface area contributed by atoms with E-state index in [0.29, 0.717) is 13.2 Å². The first-order valence-corrected chi connectivity index (χ1v) is 11.8. The Labute approximate surface area is 198 Å². The van der Waals surface area contributed by atoms with Crippen molar-refractivity contribution in [2.24, 2.45) is 0 Å². The zero-order valence-electron chi connectivity index (χ0n) is 19.0. The van der Waals surface area contributed by atoms with Crippen LogP contribution in [-0.2, 0) is 0 Å². The van der Waals surface area contributed by atoms with Gasteiger partial charge in [0.15, 0.2) is 11.0 Å². The molecule has 0 atom stereocenters. The third kappa shape index (κ3) is 5.68. The number of benzene rings is 3. The molecule has 6 nitrogen and oxygen atoms in total.